The maximum Gasteiger partial charge on any atom is 0.339 e. The van der Waals surface area contributed by atoms with Gasteiger partial charge in [-0.3, -0.25) is 18.5 Å². The van der Waals surface area contributed by atoms with Gasteiger partial charge in [-0.1, -0.05) is 30.3 Å². The Bertz CT molecular complexity index is 4460. The van der Waals surface area contributed by atoms with Crippen LogP contribution in [-0.2, 0) is 40.3 Å². The molecule has 6 aromatic rings. The molecule has 0 saturated carbocycles. The van der Waals surface area contributed by atoms with Gasteiger partial charge < -0.3 is 40.4 Å². The predicted molar refractivity (Wildman–Crippen MR) is 283 cm³/mol. The molecule has 406 valence electrons. The molecule has 27 heteroatoms. The van der Waals surface area contributed by atoms with Gasteiger partial charge in [0.15, 0.2) is 0 Å². The standard InChI is InChI=1S/C51H44N4O19S4/c1-22-13-24(3)48(54-75(64,65)43-16-31(50(60)61)35(56)20-37(43)58)26(5)46(22)52-28-11-12-29-39(15-28)74-40-19-34(42(78(71,72)73)18-33(40)45(29)30-9-7-8-10-41(30)77(68,69)70)53-47-23(2)14-25(4)49(27(47)6)55-76(66,67)44-17-32(51(62)63)36(57)21-38(44)59/h7-21,52,54-59H,1-6H3,(H,60,61)(H,62,63)(H,68,69,70)(H,71,72,73)/b53-34+. The van der Waals surface area contributed by atoms with Crippen LogP contribution in [0, 0.1) is 41.5 Å². The maximum atomic E-state index is 13.8. The summed E-state index contributed by atoms with van der Waals surface area (Å²) in [5.74, 6) is -7.26. The number of hydrogen-bond donors (Lipinski definition) is 11. The number of nitrogens with one attached hydrogen (secondary N) is 3. The molecule has 0 aromatic heterocycles. The van der Waals surface area contributed by atoms with Crippen molar-refractivity contribution in [1.29, 1.82) is 0 Å². The number of hydrogen-bond acceptors (Lipinski definition) is 17. The Labute approximate surface area is 444 Å². The molecule has 2 aliphatic rings. The maximum absolute atomic E-state index is 13.8. The number of aromatic carboxylic acids is 2. The summed E-state index contributed by atoms with van der Waals surface area (Å²) in [6.45, 7) is 9.34. The van der Waals surface area contributed by atoms with Crippen molar-refractivity contribution in [3.05, 3.63) is 141 Å². The van der Waals surface area contributed by atoms with Gasteiger partial charge in [-0.25, -0.2) is 31.4 Å². The fourth-order valence-corrected chi connectivity index (χ4v) is 13.0. The highest BCUT2D eigenvalue weighted by atomic mass is 32.2. The molecule has 0 unspecified atom stereocenters. The van der Waals surface area contributed by atoms with Crippen LogP contribution in [0.5, 0.6) is 23.0 Å². The van der Waals surface area contributed by atoms with E-state index in [2.05, 4.69) is 19.8 Å². The van der Waals surface area contributed by atoms with Crippen LogP contribution in [0.1, 0.15) is 54.1 Å². The summed E-state index contributed by atoms with van der Waals surface area (Å²) in [6.07, 6.45) is 0. The molecule has 1 heterocycles. The van der Waals surface area contributed by atoms with Crippen LogP contribution in [0.2, 0.25) is 0 Å². The molecule has 11 N–H and O–H groups in total. The molecule has 0 amide bonds. The Morgan fingerprint density at radius 3 is 1.54 bits per heavy atom. The Balaban J connectivity index is 1.33. The van der Waals surface area contributed by atoms with E-state index in [-0.39, 0.29) is 67.3 Å². The number of phenols is 4. The lowest BCUT2D eigenvalue weighted by Crippen LogP contribution is -2.17. The third-order valence-electron chi connectivity index (χ3n) is 12.6. The molecule has 0 spiro atoms. The second-order valence-electron chi connectivity index (χ2n) is 17.9. The highest BCUT2D eigenvalue weighted by molar-refractivity contribution is 7.93. The quantitative estimate of drug-likeness (QED) is 0.0360. The van der Waals surface area contributed by atoms with Crippen molar-refractivity contribution in [2.75, 3.05) is 14.8 Å². The van der Waals surface area contributed by atoms with Crippen molar-refractivity contribution in [3.63, 3.8) is 0 Å². The van der Waals surface area contributed by atoms with E-state index in [9.17, 15) is 83.0 Å². The molecule has 78 heavy (non-hydrogen) atoms. The number of aromatic hydroxyl groups is 4. The number of nitrogens with zero attached hydrogens (tertiary/aromatic N) is 1. The van der Waals surface area contributed by atoms with E-state index in [1.165, 1.54) is 56.3 Å². The number of sulfonamides is 2. The van der Waals surface area contributed by atoms with Crippen LogP contribution in [0.25, 0.3) is 33.4 Å². The van der Waals surface area contributed by atoms with Gasteiger partial charge in [0.25, 0.3) is 40.3 Å². The van der Waals surface area contributed by atoms with Crippen LogP contribution < -0.4 is 20.1 Å². The minimum atomic E-state index is -5.27. The van der Waals surface area contributed by atoms with Gasteiger partial charge >= 0.3 is 11.9 Å². The zero-order valence-corrected chi connectivity index (χ0v) is 44.6. The van der Waals surface area contributed by atoms with Gasteiger partial charge in [-0.05, 0) is 111 Å². The molecular weight excluding hydrogens is 1100 g/mol. The molecule has 6 aromatic carbocycles. The summed E-state index contributed by atoms with van der Waals surface area (Å²) in [4.78, 5) is 24.9. The lowest BCUT2D eigenvalue weighted by atomic mass is 9.93. The molecule has 0 fully saturated rings. The van der Waals surface area contributed by atoms with E-state index in [1.807, 2.05) is 0 Å². The van der Waals surface area contributed by atoms with Crippen LogP contribution in [-0.4, -0.2) is 85.4 Å². The average molecular weight is 1150 g/mol. The Hall–Kier alpha value is -8.73. The van der Waals surface area contributed by atoms with E-state index in [1.54, 1.807) is 33.8 Å². The number of carboxylic acid groups (broad SMARTS) is 2. The van der Waals surface area contributed by atoms with E-state index < -0.39 is 111 Å². The first kappa shape index (κ1) is 55.5. The average Bonchev–Trinajstić information content (AvgIpc) is 3.33. The summed E-state index contributed by atoms with van der Waals surface area (Å²) < 4.78 is 140. The summed E-state index contributed by atoms with van der Waals surface area (Å²) in [7, 11) is -19.8. The second kappa shape index (κ2) is 19.7. The third-order valence-corrected chi connectivity index (χ3v) is 17.1. The smallest absolute Gasteiger partial charge is 0.339 e. The second-order valence-corrected chi connectivity index (χ2v) is 24.0. The number of rotatable bonds is 14. The summed E-state index contributed by atoms with van der Waals surface area (Å²) in [6, 6.07) is 17.1. The minimum absolute atomic E-state index is 0.0125. The van der Waals surface area contributed by atoms with Gasteiger partial charge in [0.1, 0.15) is 65.1 Å². The van der Waals surface area contributed by atoms with Crippen molar-refractivity contribution < 1.29 is 87.4 Å². The van der Waals surface area contributed by atoms with Gasteiger partial charge in [-0.15, -0.1) is 0 Å². The molecular formula is C51H44N4O19S4. The molecule has 0 atom stereocenters. The molecule has 8 rings (SSSR count). The summed E-state index contributed by atoms with van der Waals surface area (Å²) in [5.41, 5.74) is 0.480. The van der Waals surface area contributed by atoms with Gasteiger partial charge in [0, 0.05) is 57.7 Å². The number of carboxylic acids is 2. The van der Waals surface area contributed by atoms with Crippen molar-refractivity contribution in [1.82, 2.24) is 0 Å². The predicted octanol–water partition coefficient (Wildman–Crippen LogP) is 8.34. The first-order chi connectivity index (χ1) is 36.2. The van der Waals surface area contributed by atoms with Crippen molar-refractivity contribution in [2.24, 2.45) is 4.99 Å². The molecule has 1 aliphatic carbocycles. The number of anilines is 4. The molecule has 1 aliphatic heterocycles. The highest BCUT2D eigenvalue weighted by Crippen LogP contribution is 2.45. The zero-order valence-electron chi connectivity index (χ0n) is 41.3. The van der Waals surface area contributed by atoms with Crippen LogP contribution in [0.4, 0.5) is 28.4 Å². The number of fused-ring (bicyclic) bond motifs is 2. The molecule has 0 radical (unpaired) electrons. The summed E-state index contributed by atoms with van der Waals surface area (Å²) >= 11 is 0. The summed E-state index contributed by atoms with van der Waals surface area (Å²) in [5, 5.41) is 62.9. The fourth-order valence-electron chi connectivity index (χ4n) is 9.04. The van der Waals surface area contributed by atoms with Gasteiger partial charge in [0.05, 0.1) is 22.4 Å². The SMILES string of the molecule is Cc1cc(C)c(NS(=O)(=O)c2cc(C(=O)O)c(O)cc2O)c(C)c1/N=c1\cc2oc3cc(Nc4c(C)cc(C)c(NS(=O)(=O)c5cc(C(=O)O)c(O)cc5O)c4C)ccc3c(-c3ccccc3S(=O)(=O)O)c-2cc1S(=O)(=O)O. The largest absolute Gasteiger partial charge is 0.507 e. The number of carbonyl (C=O) groups is 2. The van der Waals surface area contributed by atoms with E-state index >= 15 is 0 Å². The van der Waals surface area contributed by atoms with E-state index in [0.29, 0.717) is 52.2 Å². The van der Waals surface area contributed by atoms with Crippen LogP contribution in [0.15, 0.2) is 120 Å². The first-order valence-electron chi connectivity index (χ1n) is 22.5. The lowest BCUT2D eigenvalue weighted by Gasteiger charge is -2.21. The highest BCUT2D eigenvalue weighted by Gasteiger charge is 2.30. The Morgan fingerprint density at radius 2 is 1.01 bits per heavy atom. The number of aryl methyl sites for hydroxylation is 4. The topological polar surface area (TPSA) is 394 Å². The third kappa shape index (κ3) is 10.3. The Kier molecular flexibility index (Phi) is 14.0. The van der Waals surface area contributed by atoms with Gasteiger partial charge in [0.2, 0.25) is 0 Å². The zero-order chi connectivity index (χ0) is 57.5. The number of benzene rings is 7. The van der Waals surface area contributed by atoms with Crippen molar-refractivity contribution in [2.45, 2.75) is 61.1 Å². The van der Waals surface area contributed by atoms with Crippen LogP contribution in [0.3, 0.4) is 0 Å². The van der Waals surface area contributed by atoms with E-state index in [4.69, 9.17) is 4.42 Å². The lowest BCUT2D eigenvalue weighted by molar-refractivity contribution is 0.0682. The fraction of sp³-hybridized carbons (Fsp3) is 0.118. The van der Waals surface area contributed by atoms with Crippen LogP contribution >= 0.6 is 0 Å². The molecule has 0 saturated heterocycles. The van der Waals surface area contributed by atoms with Crippen molar-refractivity contribution in [3.8, 4) is 45.4 Å². The monoisotopic (exact) mass is 1140 g/mol. The minimum Gasteiger partial charge on any atom is -0.507 e. The molecule has 0 bridgehead atoms. The normalized spacial score (nSPS) is 12.5. The van der Waals surface area contributed by atoms with E-state index in [0.717, 1.165) is 18.2 Å². The van der Waals surface area contributed by atoms with Crippen molar-refractivity contribution >= 4 is 91.6 Å². The Morgan fingerprint density at radius 1 is 0.513 bits per heavy atom. The number of phenolic OH excluding ortho intramolecular Hbond substituents is 2. The first-order valence-corrected chi connectivity index (χ1v) is 28.3. The van der Waals surface area contributed by atoms with Gasteiger partial charge in [-0.2, -0.15) is 16.8 Å². The molecule has 23 nitrogen and oxygen atoms in total.